The van der Waals surface area contributed by atoms with Crippen LogP contribution in [-0.2, 0) is 6.42 Å². The molecule has 1 N–H and O–H groups in total. The summed E-state index contributed by atoms with van der Waals surface area (Å²) in [6, 6.07) is 9.95. The number of hydrogen-bond acceptors (Lipinski definition) is 3. The molecule has 0 saturated heterocycles. The van der Waals surface area contributed by atoms with E-state index in [0.717, 1.165) is 28.3 Å². The Kier molecular flexibility index (Phi) is 3.02. The summed E-state index contributed by atoms with van der Waals surface area (Å²) in [5, 5.41) is 10.5. The van der Waals surface area contributed by atoms with E-state index in [-0.39, 0.29) is 5.88 Å². The first-order valence-corrected chi connectivity index (χ1v) is 5.87. The lowest BCUT2D eigenvalue weighted by Gasteiger charge is -1.92. The molecule has 0 bridgehead atoms. The summed E-state index contributed by atoms with van der Waals surface area (Å²) < 4.78 is 0. The van der Waals surface area contributed by atoms with Crippen molar-refractivity contribution in [1.29, 1.82) is 0 Å². The molecule has 2 aromatic rings. The molecule has 1 heterocycles. The zero-order valence-electron chi connectivity index (χ0n) is 8.60. The van der Waals surface area contributed by atoms with Crippen molar-refractivity contribution in [2.45, 2.75) is 19.8 Å². The van der Waals surface area contributed by atoms with Crippen LogP contribution >= 0.6 is 11.3 Å². The monoisotopic (exact) mass is 219 g/mol. The summed E-state index contributed by atoms with van der Waals surface area (Å²) in [5.74, 6) is 0.195. The number of rotatable bonds is 3. The predicted octanol–water partition coefficient (Wildman–Crippen LogP) is 3.47. The van der Waals surface area contributed by atoms with E-state index < -0.39 is 0 Å². The Labute approximate surface area is 93.2 Å². The largest absolute Gasteiger partial charge is 0.492 e. The number of benzene rings is 1. The Balaban J connectivity index is 2.34. The molecule has 0 atom stereocenters. The summed E-state index contributed by atoms with van der Waals surface area (Å²) in [7, 11) is 0. The van der Waals surface area contributed by atoms with Gasteiger partial charge in [0.05, 0.1) is 4.88 Å². The van der Waals surface area contributed by atoms with Crippen molar-refractivity contribution >= 4 is 11.3 Å². The molecule has 3 heteroatoms. The highest BCUT2D eigenvalue weighted by molar-refractivity contribution is 7.15. The molecule has 2 rings (SSSR count). The van der Waals surface area contributed by atoms with Gasteiger partial charge in [0.15, 0.2) is 0 Å². The Bertz CT molecular complexity index is 436. The van der Waals surface area contributed by atoms with Gasteiger partial charge in [-0.3, -0.25) is 0 Å². The highest BCUT2D eigenvalue weighted by atomic mass is 32.1. The van der Waals surface area contributed by atoms with Gasteiger partial charge in [-0.15, -0.1) is 11.3 Å². The summed E-state index contributed by atoms with van der Waals surface area (Å²) in [4.78, 5) is 5.16. The van der Waals surface area contributed by atoms with Crippen molar-refractivity contribution in [3.05, 3.63) is 35.2 Å². The number of hydrogen-bond donors (Lipinski definition) is 1. The van der Waals surface area contributed by atoms with E-state index in [1.54, 1.807) is 11.3 Å². The molecular formula is C12H13NOS. The molecule has 0 radical (unpaired) electrons. The fourth-order valence-electron chi connectivity index (χ4n) is 1.44. The predicted molar refractivity (Wildman–Crippen MR) is 63.2 cm³/mol. The van der Waals surface area contributed by atoms with Crippen molar-refractivity contribution in [2.24, 2.45) is 0 Å². The summed E-state index contributed by atoms with van der Waals surface area (Å²) >= 11 is 1.58. The van der Waals surface area contributed by atoms with Crippen molar-refractivity contribution in [2.75, 3.05) is 0 Å². The van der Waals surface area contributed by atoms with Crippen LogP contribution in [0.15, 0.2) is 30.3 Å². The molecule has 2 nitrogen and oxygen atoms in total. The highest BCUT2D eigenvalue weighted by Gasteiger charge is 2.10. The average molecular weight is 219 g/mol. The number of nitrogens with zero attached hydrogens (tertiary/aromatic N) is 1. The summed E-state index contributed by atoms with van der Waals surface area (Å²) in [5.41, 5.74) is 1.07. The second kappa shape index (κ2) is 4.45. The fourth-order valence-corrected chi connectivity index (χ4v) is 2.50. The molecule has 0 amide bonds. The molecule has 0 fully saturated rings. The Morgan fingerprint density at radius 2 is 2.00 bits per heavy atom. The maximum absolute atomic E-state index is 9.62. The van der Waals surface area contributed by atoms with Gasteiger partial charge in [0.1, 0.15) is 5.01 Å². The van der Waals surface area contributed by atoms with Crippen LogP contribution in [0.3, 0.4) is 0 Å². The van der Waals surface area contributed by atoms with Gasteiger partial charge in [-0.25, -0.2) is 4.98 Å². The molecular weight excluding hydrogens is 206 g/mol. The van der Waals surface area contributed by atoms with Crippen LogP contribution in [0, 0.1) is 0 Å². The minimum atomic E-state index is 0.195. The lowest BCUT2D eigenvalue weighted by Crippen LogP contribution is -1.76. The van der Waals surface area contributed by atoms with Crippen LogP contribution in [0.2, 0.25) is 0 Å². The second-order valence-corrected chi connectivity index (χ2v) is 4.47. The van der Waals surface area contributed by atoms with E-state index >= 15 is 0 Å². The number of aromatic hydroxyl groups is 1. The molecule has 15 heavy (non-hydrogen) atoms. The van der Waals surface area contributed by atoms with Crippen molar-refractivity contribution in [3.63, 3.8) is 0 Å². The fraction of sp³-hybridized carbons (Fsp3) is 0.250. The van der Waals surface area contributed by atoms with Gasteiger partial charge in [-0.2, -0.15) is 0 Å². The van der Waals surface area contributed by atoms with Gasteiger partial charge < -0.3 is 5.11 Å². The second-order valence-electron chi connectivity index (χ2n) is 3.38. The summed E-state index contributed by atoms with van der Waals surface area (Å²) in [6.45, 7) is 2.10. The minimum Gasteiger partial charge on any atom is -0.492 e. The topological polar surface area (TPSA) is 33.1 Å². The maximum atomic E-state index is 9.62. The normalized spacial score (nSPS) is 10.5. The molecule has 0 aliphatic rings. The Morgan fingerprint density at radius 3 is 2.67 bits per heavy atom. The lowest BCUT2D eigenvalue weighted by atomic mass is 10.2. The molecule has 1 aromatic carbocycles. The van der Waals surface area contributed by atoms with Gasteiger partial charge in [-0.05, 0) is 6.42 Å². The first-order valence-electron chi connectivity index (χ1n) is 5.05. The van der Waals surface area contributed by atoms with E-state index in [2.05, 4.69) is 11.9 Å². The third kappa shape index (κ3) is 2.18. The van der Waals surface area contributed by atoms with Gasteiger partial charge in [0.2, 0.25) is 5.88 Å². The zero-order chi connectivity index (χ0) is 10.7. The zero-order valence-corrected chi connectivity index (χ0v) is 9.42. The van der Waals surface area contributed by atoms with Gasteiger partial charge in [0.25, 0.3) is 0 Å². The highest BCUT2D eigenvalue weighted by Crippen LogP contribution is 2.32. The Morgan fingerprint density at radius 1 is 1.27 bits per heavy atom. The quantitative estimate of drug-likeness (QED) is 0.857. The number of aromatic nitrogens is 1. The Hall–Kier alpha value is -1.35. The SMILES string of the molecule is CCCc1sc(-c2ccccc2)nc1O. The van der Waals surface area contributed by atoms with E-state index in [0.29, 0.717) is 0 Å². The van der Waals surface area contributed by atoms with Crippen molar-refractivity contribution < 1.29 is 5.11 Å². The van der Waals surface area contributed by atoms with Crippen molar-refractivity contribution in [1.82, 2.24) is 4.98 Å². The summed E-state index contributed by atoms with van der Waals surface area (Å²) in [6.07, 6.45) is 1.93. The molecule has 0 aliphatic heterocycles. The van der Waals surface area contributed by atoms with Crippen LogP contribution in [0.5, 0.6) is 5.88 Å². The number of thiazole rings is 1. The van der Waals surface area contributed by atoms with Gasteiger partial charge >= 0.3 is 0 Å². The van der Waals surface area contributed by atoms with Crippen LogP contribution in [0.4, 0.5) is 0 Å². The van der Waals surface area contributed by atoms with E-state index in [1.807, 2.05) is 30.3 Å². The van der Waals surface area contributed by atoms with Gasteiger partial charge in [0, 0.05) is 5.56 Å². The molecule has 1 aromatic heterocycles. The van der Waals surface area contributed by atoms with Crippen LogP contribution in [-0.4, -0.2) is 10.1 Å². The standard InChI is InChI=1S/C12H13NOS/c1-2-6-10-11(14)13-12(15-10)9-7-4-3-5-8-9/h3-5,7-8,14H,2,6H2,1H3. The average Bonchev–Trinajstić information content (AvgIpc) is 2.63. The first-order chi connectivity index (χ1) is 7.31. The molecule has 0 spiro atoms. The van der Waals surface area contributed by atoms with Crippen LogP contribution in [0.1, 0.15) is 18.2 Å². The third-order valence-corrected chi connectivity index (χ3v) is 3.33. The third-order valence-electron chi connectivity index (χ3n) is 2.17. The van der Waals surface area contributed by atoms with E-state index in [1.165, 1.54) is 0 Å². The molecule has 0 aliphatic carbocycles. The first kappa shape index (κ1) is 10.2. The maximum Gasteiger partial charge on any atom is 0.225 e. The van der Waals surface area contributed by atoms with Crippen LogP contribution in [0.25, 0.3) is 10.6 Å². The smallest absolute Gasteiger partial charge is 0.225 e. The van der Waals surface area contributed by atoms with E-state index in [4.69, 9.17) is 0 Å². The lowest BCUT2D eigenvalue weighted by molar-refractivity contribution is 0.451. The van der Waals surface area contributed by atoms with Crippen LogP contribution < -0.4 is 0 Å². The minimum absolute atomic E-state index is 0.195. The van der Waals surface area contributed by atoms with Gasteiger partial charge in [-0.1, -0.05) is 43.7 Å². The molecule has 0 saturated carbocycles. The number of aryl methyl sites for hydroxylation is 1. The molecule has 0 unspecified atom stereocenters. The van der Waals surface area contributed by atoms with Crippen molar-refractivity contribution in [3.8, 4) is 16.5 Å². The molecule has 78 valence electrons. The van der Waals surface area contributed by atoms with E-state index in [9.17, 15) is 5.11 Å².